The third-order valence-electron chi connectivity index (χ3n) is 2.95. The SMILES string of the molecule is O=C(O)[C@@H]1CN(c2ncc(F)cn2)C[C@H]1C(F)(F)F. The average Bonchev–Trinajstić information content (AvgIpc) is 2.74. The molecule has 9 heteroatoms. The van der Waals surface area contributed by atoms with Crippen molar-refractivity contribution >= 4 is 11.9 Å². The number of carbonyl (C=O) groups is 1. The molecule has 0 aromatic carbocycles. The zero-order valence-corrected chi connectivity index (χ0v) is 9.43. The van der Waals surface area contributed by atoms with Gasteiger partial charge >= 0.3 is 12.1 Å². The van der Waals surface area contributed by atoms with Crippen molar-refractivity contribution in [1.82, 2.24) is 9.97 Å². The zero-order valence-electron chi connectivity index (χ0n) is 9.43. The Kier molecular flexibility index (Phi) is 3.29. The van der Waals surface area contributed by atoms with Gasteiger partial charge in [-0.25, -0.2) is 14.4 Å². The molecule has 2 rings (SSSR count). The van der Waals surface area contributed by atoms with E-state index >= 15 is 0 Å². The van der Waals surface area contributed by atoms with Crippen molar-refractivity contribution in [2.24, 2.45) is 11.8 Å². The van der Waals surface area contributed by atoms with Crippen molar-refractivity contribution in [1.29, 1.82) is 0 Å². The first-order chi connectivity index (χ1) is 8.79. The number of hydrogen-bond acceptors (Lipinski definition) is 4. The fourth-order valence-corrected chi connectivity index (χ4v) is 2.02. The van der Waals surface area contributed by atoms with E-state index in [1.165, 1.54) is 0 Å². The summed E-state index contributed by atoms with van der Waals surface area (Å²) in [7, 11) is 0. The third-order valence-corrected chi connectivity index (χ3v) is 2.95. The molecular formula is C10H9F4N3O2. The quantitative estimate of drug-likeness (QED) is 0.827. The molecule has 5 nitrogen and oxygen atoms in total. The van der Waals surface area contributed by atoms with Gasteiger partial charge in [0.25, 0.3) is 0 Å². The molecule has 1 N–H and O–H groups in total. The predicted molar refractivity (Wildman–Crippen MR) is 54.9 cm³/mol. The van der Waals surface area contributed by atoms with Crippen molar-refractivity contribution in [3.05, 3.63) is 18.2 Å². The fourth-order valence-electron chi connectivity index (χ4n) is 2.02. The molecule has 0 aliphatic carbocycles. The molecule has 104 valence electrons. The summed E-state index contributed by atoms with van der Waals surface area (Å²) in [5.74, 6) is -5.91. The molecule has 0 unspecified atom stereocenters. The molecule has 0 radical (unpaired) electrons. The van der Waals surface area contributed by atoms with Crippen LogP contribution in [0.25, 0.3) is 0 Å². The maximum absolute atomic E-state index is 12.7. The van der Waals surface area contributed by atoms with E-state index in [9.17, 15) is 22.4 Å². The molecule has 1 aromatic heterocycles. The highest BCUT2D eigenvalue weighted by Gasteiger charge is 2.53. The molecular weight excluding hydrogens is 270 g/mol. The number of nitrogens with zero attached hydrogens (tertiary/aromatic N) is 3. The lowest BCUT2D eigenvalue weighted by Crippen LogP contribution is -2.33. The second kappa shape index (κ2) is 4.63. The molecule has 0 spiro atoms. The summed E-state index contributed by atoms with van der Waals surface area (Å²) in [5, 5.41) is 8.83. The summed E-state index contributed by atoms with van der Waals surface area (Å²) < 4.78 is 50.8. The van der Waals surface area contributed by atoms with Gasteiger partial charge in [-0.1, -0.05) is 0 Å². The number of anilines is 1. The van der Waals surface area contributed by atoms with Crippen LogP contribution in [0, 0.1) is 17.7 Å². The Morgan fingerprint density at radius 1 is 1.32 bits per heavy atom. The van der Waals surface area contributed by atoms with E-state index in [0.717, 1.165) is 17.3 Å². The first kappa shape index (κ1) is 13.5. The van der Waals surface area contributed by atoms with Gasteiger partial charge in [-0.2, -0.15) is 13.2 Å². The van der Waals surface area contributed by atoms with Crippen LogP contribution in [0.5, 0.6) is 0 Å². The molecule has 2 atom stereocenters. The van der Waals surface area contributed by atoms with Crippen LogP contribution < -0.4 is 4.90 Å². The molecule has 0 saturated carbocycles. The highest BCUT2D eigenvalue weighted by Crippen LogP contribution is 2.38. The summed E-state index contributed by atoms with van der Waals surface area (Å²) in [4.78, 5) is 19.1. The molecule has 1 saturated heterocycles. The minimum absolute atomic E-state index is 0.112. The number of aromatic nitrogens is 2. The molecule has 1 aliphatic heterocycles. The number of carboxylic acids is 1. The Hall–Kier alpha value is -1.93. The maximum atomic E-state index is 12.7. The Bertz CT molecular complexity index is 477. The Morgan fingerprint density at radius 3 is 2.32 bits per heavy atom. The number of alkyl halides is 3. The second-order valence-corrected chi connectivity index (χ2v) is 4.20. The van der Waals surface area contributed by atoms with Crippen molar-refractivity contribution < 1.29 is 27.5 Å². The first-order valence-electron chi connectivity index (χ1n) is 5.31. The molecule has 1 fully saturated rings. The largest absolute Gasteiger partial charge is 0.481 e. The third kappa shape index (κ3) is 2.74. The Morgan fingerprint density at radius 2 is 1.89 bits per heavy atom. The van der Waals surface area contributed by atoms with E-state index in [4.69, 9.17) is 5.11 Å². The van der Waals surface area contributed by atoms with Crippen LogP contribution in [0.2, 0.25) is 0 Å². The Balaban J connectivity index is 2.23. The molecule has 19 heavy (non-hydrogen) atoms. The summed E-state index contributed by atoms with van der Waals surface area (Å²) in [5.41, 5.74) is 0. The highest BCUT2D eigenvalue weighted by molar-refractivity contribution is 5.72. The van der Waals surface area contributed by atoms with Gasteiger partial charge in [0, 0.05) is 13.1 Å². The average molecular weight is 279 g/mol. The van der Waals surface area contributed by atoms with Crippen LogP contribution in [0.3, 0.4) is 0 Å². The van der Waals surface area contributed by atoms with Gasteiger partial charge in [-0.3, -0.25) is 4.79 Å². The predicted octanol–water partition coefficient (Wildman–Crippen LogP) is 1.31. The molecule has 0 bridgehead atoms. The van der Waals surface area contributed by atoms with E-state index in [1.807, 2.05) is 0 Å². The van der Waals surface area contributed by atoms with Crippen molar-refractivity contribution in [2.45, 2.75) is 6.18 Å². The topological polar surface area (TPSA) is 66.3 Å². The summed E-state index contributed by atoms with van der Waals surface area (Å²) in [6.45, 7) is -0.906. The number of carboxylic acid groups (broad SMARTS) is 1. The first-order valence-corrected chi connectivity index (χ1v) is 5.31. The van der Waals surface area contributed by atoms with E-state index in [0.29, 0.717) is 0 Å². The number of halogens is 4. The van der Waals surface area contributed by atoms with Crippen LogP contribution in [-0.4, -0.2) is 40.3 Å². The smallest absolute Gasteiger partial charge is 0.394 e. The van der Waals surface area contributed by atoms with Gasteiger partial charge in [-0.05, 0) is 0 Å². The van der Waals surface area contributed by atoms with E-state index in [1.54, 1.807) is 0 Å². The second-order valence-electron chi connectivity index (χ2n) is 4.20. The molecule has 2 heterocycles. The molecule has 1 aromatic rings. The van der Waals surface area contributed by atoms with Crippen LogP contribution in [0.15, 0.2) is 12.4 Å². The minimum atomic E-state index is -4.61. The van der Waals surface area contributed by atoms with E-state index in [-0.39, 0.29) is 12.5 Å². The van der Waals surface area contributed by atoms with Crippen LogP contribution in [0.4, 0.5) is 23.5 Å². The lowest BCUT2D eigenvalue weighted by atomic mass is 9.96. The van der Waals surface area contributed by atoms with E-state index < -0.39 is 36.3 Å². The van der Waals surface area contributed by atoms with Gasteiger partial charge < -0.3 is 10.0 Å². The van der Waals surface area contributed by atoms with Gasteiger partial charge in [-0.15, -0.1) is 0 Å². The normalized spacial score (nSPS) is 23.7. The maximum Gasteiger partial charge on any atom is 0.394 e. The monoisotopic (exact) mass is 279 g/mol. The fraction of sp³-hybridized carbons (Fsp3) is 0.500. The zero-order chi connectivity index (χ0) is 14.2. The van der Waals surface area contributed by atoms with Gasteiger partial charge in [0.2, 0.25) is 5.95 Å². The van der Waals surface area contributed by atoms with Gasteiger partial charge in [0.1, 0.15) is 0 Å². The summed E-state index contributed by atoms with van der Waals surface area (Å²) in [6.07, 6.45) is -2.98. The summed E-state index contributed by atoms with van der Waals surface area (Å²) in [6, 6.07) is 0. The van der Waals surface area contributed by atoms with Crippen LogP contribution in [0.1, 0.15) is 0 Å². The lowest BCUT2D eigenvalue weighted by Gasteiger charge is -2.18. The van der Waals surface area contributed by atoms with Crippen molar-refractivity contribution in [3.8, 4) is 0 Å². The minimum Gasteiger partial charge on any atom is -0.481 e. The van der Waals surface area contributed by atoms with Crippen LogP contribution >= 0.6 is 0 Å². The Labute approximate surface area is 104 Å². The van der Waals surface area contributed by atoms with Crippen LogP contribution in [-0.2, 0) is 4.79 Å². The van der Waals surface area contributed by atoms with Crippen molar-refractivity contribution in [2.75, 3.05) is 18.0 Å². The number of hydrogen-bond donors (Lipinski definition) is 1. The van der Waals surface area contributed by atoms with Crippen molar-refractivity contribution in [3.63, 3.8) is 0 Å². The summed E-state index contributed by atoms with van der Waals surface area (Å²) >= 11 is 0. The van der Waals surface area contributed by atoms with E-state index in [2.05, 4.69) is 9.97 Å². The number of rotatable bonds is 2. The number of aliphatic carboxylic acids is 1. The van der Waals surface area contributed by atoms with Gasteiger partial charge in [0.05, 0.1) is 24.2 Å². The lowest BCUT2D eigenvalue weighted by molar-refractivity contribution is -0.187. The molecule has 1 aliphatic rings. The highest BCUT2D eigenvalue weighted by atomic mass is 19.4. The molecule has 0 amide bonds. The van der Waals surface area contributed by atoms with Gasteiger partial charge in [0.15, 0.2) is 5.82 Å². The standard InChI is InChI=1S/C10H9F4N3O2/c11-5-1-15-9(16-2-5)17-3-6(8(18)19)7(4-17)10(12,13)14/h1-2,6-7H,3-4H2,(H,18,19)/t6-,7-/m1/s1.